The molecule has 0 bridgehead atoms. The highest BCUT2D eigenvalue weighted by Crippen LogP contribution is 2.48. The summed E-state index contributed by atoms with van der Waals surface area (Å²) in [7, 11) is 0. The van der Waals surface area contributed by atoms with Crippen LogP contribution in [0.1, 0.15) is 22.8 Å². The molecule has 3 nitrogen and oxygen atoms in total. The van der Waals surface area contributed by atoms with E-state index < -0.39 is 5.97 Å². The standard InChI is InChI=1S/C18H16O3S2/c1-3-9-22-18-14(7-8-17(20)21)15(19)11-16(23-18)13-6-4-5-12(2)10-13/h1,4-8,10,16H,9,11H2,2H3,(H,20,21)/b8-7+. The lowest BCUT2D eigenvalue weighted by Gasteiger charge is -2.24. The van der Waals surface area contributed by atoms with Gasteiger partial charge in [-0.25, -0.2) is 4.79 Å². The Hall–Kier alpha value is -1.90. The Morgan fingerprint density at radius 1 is 1.57 bits per heavy atom. The van der Waals surface area contributed by atoms with E-state index in [1.807, 2.05) is 25.1 Å². The Balaban J connectivity index is 2.33. The fourth-order valence-corrected chi connectivity index (χ4v) is 4.65. The Labute approximate surface area is 144 Å². The monoisotopic (exact) mass is 344 g/mol. The first-order valence-corrected chi connectivity index (χ1v) is 8.85. The van der Waals surface area contributed by atoms with Gasteiger partial charge in [0.25, 0.3) is 0 Å². The second-order valence-electron chi connectivity index (χ2n) is 5.01. The maximum atomic E-state index is 12.5. The van der Waals surface area contributed by atoms with E-state index in [2.05, 4.69) is 12.0 Å². The second kappa shape index (κ2) is 8.09. The molecule has 0 saturated carbocycles. The first-order valence-electron chi connectivity index (χ1n) is 6.99. The minimum atomic E-state index is -1.07. The number of aryl methyl sites for hydroxylation is 1. The predicted octanol–water partition coefficient (Wildman–Crippen LogP) is 3.96. The largest absolute Gasteiger partial charge is 0.478 e. The van der Waals surface area contributed by atoms with Crippen molar-refractivity contribution in [2.45, 2.75) is 18.6 Å². The van der Waals surface area contributed by atoms with Crippen molar-refractivity contribution in [1.82, 2.24) is 0 Å². The molecule has 2 rings (SSSR count). The summed E-state index contributed by atoms with van der Waals surface area (Å²) in [5.41, 5.74) is 2.69. The van der Waals surface area contributed by atoms with Gasteiger partial charge >= 0.3 is 5.97 Å². The minimum absolute atomic E-state index is 0.0321. The fourth-order valence-electron chi connectivity index (χ4n) is 2.22. The van der Waals surface area contributed by atoms with Crippen LogP contribution in [0.2, 0.25) is 0 Å². The third kappa shape index (κ3) is 4.78. The van der Waals surface area contributed by atoms with Gasteiger partial charge in [-0.3, -0.25) is 4.79 Å². The number of hydrogen-bond donors (Lipinski definition) is 1. The number of Topliss-reactive ketones (excluding diaryl/α,β-unsaturated/α-hetero) is 1. The highest BCUT2D eigenvalue weighted by Gasteiger charge is 2.28. The van der Waals surface area contributed by atoms with E-state index in [9.17, 15) is 9.59 Å². The third-order valence-electron chi connectivity index (χ3n) is 3.23. The van der Waals surface area contributed by atoms with Crippen LogP contribution in [0, 0.1) is 19.3 Å². The molecular weight excluding hydrogens is 328 g/mol. The SMILES string of the molecule is C#CCSC1=C(/C=C/C(=O)O)C(=O)CC(c2cccc(C)c2)S1. The topological polar surface area (TPSA) is 54.4 Å². The van der Waals surface area contributed by atoms with Crippen molar-refractivity contribution in [2.75, 3.05) is 5.75 Å². The number of carbonyl (C=O) groups is 2. The van der Waals surface area contributed by atoms with Crippen LogP contribution in [0.15, 0.2) is 46.2 Å². The number of carboxylic acid groups (broad SMARTS) is 1. The normalized spacial score (nSPS) is 18.3. The van der Waals surface area contributed by atoms with Crippen molar-refractivity contribution < 1.29 is 14.7 Å². The van der Waals surface area contributed by atoms with Gasteiger partial charge in [0.1, 0.15) is 0 Å². The number of hydrogen-bond acceptors (Lipinski definition) is 4. The first kappa shape index (κ1) is 17.5. The number of aliphatic carboxylic acids is 1. The maximum absolute atomic E-state index is 12.5. The molecule has 1 heterocycles. The number of rotatable bonds is 5. The molecule has 0 spiro atoms. The van der Waals surface area contributed by atoms with E-state index in [0.29, 0.717) is 17.7 Å². The third-order valence-corrected chi connectivity index (χ3v) is 5.83. The first-order chi connectivity index (χ1) is 11.0. The Kier molecular flexibility index (Phi) is 6.14. The van der Waals surface area contributed by atoms with Crippen molar-refractivity contribution >= 4 is 35.3 Å². The van der Waals surface area contributed by atoms with Gasteiger partial charge in [-0.1, -0.05) is 35.7 Å². The summed E-state index contributed by atoms with van der Waals surface area (Å²) >= 11 is 2.98. The zero-order valence-corrected chi connectivity index (χ0v) is 14.2. The van der Waals surface area contributed by atoms with Crippen molar-refractivity contribution in [3.8, 4) is 12.3 Å². The number of allylic oxidation sites excluding steroid dienone is 2. The smallest absolute Gasteiger partial charge is 0.328 e. The Morgan fingerprint density at radius 2 is 2.35 bits per heavy atom. The predicted molar refractivity (Wildman–Crippen MR) is 96.2 cm³/mol. The van der Waals surface area contributed by atoms with E-state index in [1.165, 1.54) is 17.8 Å². The molecule has 0 amide bonds. The van der Waals surface area contributed by atoms with Crippen molar-refractivity contribution in [2.24, 2.45) is 0 Å². The lowest BCUT2D eigenvalue weighted by atomic mass is 10.0. The van der Waals surface area contributed by atoms with Gasteiger partial charge in [0.2, 0.25) is 0 Å². The van der Waals surface area contributed by atoms with Gasteiger partial charge in [0, 0.05) is 23.3 Å². The van der Waals surface area contributed by atoms with Gasteiger partial charge in [-0.05, 0) is 18.6 Å². The summed E-state index contributed by atoms with van der Waals surface area (Å²) in [6.45, 7) is 2.02. The summed E-state index contributed by atoms with van der Waals surface area (Å²) in [4.78, 5) is 23.2. The molecule has 23 heavy (non-hydrogen) atoms. The molecule has 0 aliphatic carbocycles. The minimum Gasteiger partial charge on any atom is -0.478 e. The lowest BCUT2D eigenvalue weighted by molar-refractivity contribution is -0.131. The number of benzene rings is 1. The van der Waals surface area contributed by atoms with Crippen LogP contribution < -0.4 is 0 Å². The average Bonchev–Trinajstić information content (AvgIpc) is 2.51. The molecule has 1 unspecified atom stereocenters. The fraction of sp³-hybridized carbons (Fsp3) is 0.222. The summed E-state index contributed by atoms with van der Waals surface area (Å²) < 4.78 is 0.795. The van der Waals surface area contributed by atoms with E-state index >= 15 is 0 Å². The number of carboxylic acids is 1. The molecule has 1 N–H and O–H groups in total. The molecule has 0 fully saturated rings. The van der Waals surface area contributed by atoms with Crippen LogP contribution in [0.4, 0.5) is 0 Å². The van der Waals surface area contributed by atoms with Crippen LogP contribution in [-0.4, -0.2) is 22.6 Å². The Bertz CT molecular complexity index is 726. The Morgan fingerprint density at radius 3 is 3.00 bits per heavy atom. The van der Waals surface area contributed by atoms with Gasteiger partial charge in [0.05, 0.1) is 9.99 Å². The van der Waals surface area contributed by atoms with Gasteiger partial charge in [-0.2, -0.15) is 0 Å². The molecule has 1 atom stereocenters. The zero-order valence-electron chi connectivity index (χ0n) is 12.6. The van der Waals surface area contributed by atoms with Gasteiger partial charge < -0.3 is 5.11 Å². The number of ketones is 1. The van der Waals surface area contributed by atoms with E-state index in [1.54, 1.807) is 11.8 Å². The average molecular weight is 344 g/mol. The number of carbonyl (C=O) groups excluding carboxylic acids is 1. The zero-order chi connectivity index (χ0) is 16.8. The number of thioether (sulfide) groups is 2. The van der Waals surface area contributed by atoms with E-state index in [0.717, 1.165) is 21.4 Å². The molecule has 0 radical (unpaired) electrons. The van der Waals surface area contributed by atoms with E-state index in [4.69, 9.17) is 11.5 Å². The molecule has 118 valence electrons. The van der Waals surface area contributed by atoms with Crippen molar-refractivity contribution in [3.63, 3.8) is 0 Å². The molecule has 1 aliphatic heterocycles. The quantitative estimate of drug-likeness (QED) is 0.647. The van der Waals surface area contributed by atoms with E-state index in [-0.39, 0.29) is 11.0 Å². The summed E-state index contributed by atoms with van der Waals surface area (Å²) in [5.74, 6) is 1.87. The highest BCUT2D eigenvalue weighted by molar-refractivity contribution is 8.22. The second-order valence-corrected chi connectivity index (χ2v) is 7.47. The van der Waals surface area contributed by atoms with Crippen LogP contribution in [0.25, 0.3) is 0 Å². The van der Waals surface area contributed by atoms with Crippen LogP contribution in [0.5, 0.6) is 0 Å². The molecule has 0 saturated heterocycles. The van der Waals surface area contributed by atoms with Crippen LogP contribution in [-0.2, 0) is 9.59 Å². The molecular formula is C18H16O3S2. The van der Waals surface area contributed by atoms with Crippen molar-refractivity contribution in [1.29, 1.82) is 0 Å². The molecule has 1 aliphatic rings. The molecule has 5 heteroatoms. The van der Waals surface area contributed by atoms with Crippen LogP contribution in [0.3, 0.4) is 0 Å². The van der Waals surface area contributed by atoms with Crippen LogP contribution >= 0.6 is 23.5 Å². The van der Waals surface area contributed by atoms with Gasteiger partial charge in [0.15, 0.2) is 5.78 Å². The van der Waals surface area contributed by atoms with Gasteiger partial charge in [-0.15, -0.1) is 29.9 Å². The lowest BCUT2D eigenvalue weighted by Crippen LogP contribution is -2.13. The summed E-state index contributed by atoms with van der Waals surface area (Å²) in [6.07, 6.45) is 8.04. The molecule has 0 aromatic heterocycles. The number of terminal acetylenes is 1. The van der Waals surface area contributed by atoms with Crippen molar-refractivity contribution in [3.05, 3.63) is 57.4 Å². The molecule has 1 aromatic rings. The summed E-state index contributed by atoms with van der Waals surface area (Å²) in [5, 5.41) is 8.82. The summed E-state index contributed by atoms with van der Waals surface area (Å²) in [6, 6.07) is 8.09. The maximum Gasteiger partial charge on any atom is 0.328 e. The molecule has 1 aromatic carbocycles. The highest BCUT2D eigenvalue weighted by atomic mass is 32.2.